The number of carbonyl (C=O) groups excluding carboxylic acids is 1. The van der Waals surface area contributed by atoms with E-state index in [-0.39, 0.29) is 5.91 Å². The first-order valence-corrected chi connectivity index (χ1v) is 7.44. The van der Waals surface area contributed by atoms with Crippen LogP contribution in [0.25, 0.3) is 0 Å². The van der Waals surface area contributed by atoms with Crippen LogP contribution in [-0.4, -0.2) is 12.5 Å². The van der Waals surface area contributed by atoms with E-state index in [2.05, 4.69) is 11.4 Å². The molecule has 0 aliphatic heterocycles. The van der Waals surface area contributed by atoms with Crippen LogP contribution in [0.5, 0.6) is 0 Å². The Balaban J connectivity index is 2.02. The van der Waals surface area contributed by atoms with Crippen molar-refractivity contribution in [2.75, 3.05) is 6.61 Å². The van der Waals surface area contributed by atoms with Crippen LogP contribution in [0.3, 0.4) is 0 Å². The Bertz CT molecular complexity index is 599. The number of hydrogen-bond donors (Lipinski definition) is 2. The van der Waals surface area contributed by atoms with Crippen LogP contribution in [-0.2, 0) is 22.7 Å². The van der Waals surface area contributed by atoms with Gasteiger partial charge < -0.3 is 10.5 Å². The molecule has 2 aromatic rings. The Labute approximate surface area is 131 Å². The lowest BCUT2D eigenvalue weighted by Gasteiger charge is -2.16. The van der Waals surface area contributed by atoms with Gasteiger partial charge in [-0.15, -0.1) is 0 Å². The fraction of sp³-hybridized carbons (Fsp3) is 0.278. The molecule has 0 unspecified atom stereocenters. The molecule has 0 heterocycles. The lowest BCUT2D eigenvalue weighted by molar-refractivity contribution is -0.120. The van der Waals surface area contributed by atoms with Gasteiger partial charge in [0, 0.05) is 13.2 Å². The van der Waals surface area contributed by atoms with Gasteiger partial charge in [-0.05, 0) is 23.6 Å². The molecular formula is C18H22N2O2. The Kier molecular flexibility index (Phi) is 6.13. The second kappa shape index (κ2) is 8.32. The second-order valence-electron chi connectivity index (χ2n) is 5.08. The summed E-state index contributed by atoms with van der Waals surface area (Å²) in [6.45, 7) is 3.84. The average molecular weight is 298 g/mol. The lowest BCUT2D eigenvalue weighted by Crippen LogP contribution is -2.33. The van der Waals surface area contributed by atoms with Crippen LogP contribution < -0.4 is 11.1 Å². The molecule has 0 spiro atoms. The van der Waals surface area contributed by atoms with Gasteiger partial charge in [-0.3, -0.25) is 10.1 Å². The Hall–Kier alpha value is -2.17. The molecule has 1 atom stereocenters. The molecule has 4 heteroatoms. The highest BCUT2D eigenvalue weighted by Crippen LogP contribution is 2.14. The molecule has 4 nitrogen and oxygen atoms in total. The Morgan fingerprint density at radius 2 is 1.86 bits per heavy atom. The summed E-state index contributed by atoms with van der Waals surface area (Å²) in [5.41, 5.74) is 8.60. The predicted molar refractivity (Wildman–Crippen MR) is 87.0 cm³/mol. The molecule has 0 saturated heterocycles. The molecule has 0 aromatic heterocycles. The highest BCUT2D eigenvalue weighted by molar-refractivity contribution is 5.81. The van der Waals surface area contributed by atoms with Crippen molar-refractivity contribution >= 4 is 5.91 Å². The molecule has 0 bridgehead atoms. The molecule has 0 aliphatic rings. The van der Waals surface area contributed by atoms with Crippen LogP contribution in [0.4, 0.5) is 0 Å². The van der Waals surface area contributed by atoms with Crippen molar-refractivity contribution in [1.82, 2.24) is 5.32 Å². The summed E-state index contributed by atoms with van der Waals surface area (Å²) in [6, 6.07) is 17.1. The molecule has 0 fully saturated rings. The zero-order valence-electron chi connectivity index (χ0n) is 12.8. The van der Waals surface area contributed by atoms with E-state index in [1.807, 2.05) is 55.5 Å². The number of ether oxygens (including phenoxy) is 1. The Morgan fingerprint density at radius 3 is 2.55 bits per heavy atom. The molecule has 2 rings (SSSR count). The third-order valence-corrected chi connectivity index (χ3v) is 3.39. The molecular weight excluding hydrogens is 276 g/mol. The number of carbonyl (C=O) groups is 1. The van der Waals surface area contributed by atoms with Gasteiger partial charge in [-0.2, -0.15) is 0 Å². The van der Waals surface area contributed by atoms with E-state index in [1.165, 1.54) is 0 Å². The molecule has 1 amide bonds. The maximum absolute atomic E-state index is 11.7. The number of amides is 1. The van der Waals surface area contributed by atoms with Crippen LogP contribution in [0, 0.1) is 0 Å². The summed E-state index contributed by atoms with van der Waals surface area (Å²) in [7, 11) is 0. The van der Waals surface area contributed by atoms with E-state index in [0.29, 0.717) is 19.8 Å². The smallest absolute Gasteiger partial charge is 0.239 e. The van der Waals surface area contributed by atoms with Crippen molar-refractivity contribution in [2.45, 2.75) is 26.1 Å². The van der Waals surface area contributed by atoms with Gasteiger partial charge in [0.15, 0.2) is 0 Å². The molecule has 0 radical (unpaired) electrons. The highest BCUT2D eigenvalue weighted by Gasteiger charge is 2.16. The van der Waals surface area contributed by atoms with Gasteiger partial charge in [0.2, 0.25) is 5.91 Å². The average Bonchev–Trinajstić information content (AvgIpc) is 2.54. The second-order valence-corrected chi connectivity index (χ2v) is 5.08. The fourth-order valence-electron chi connectivity index (χ4n) is 2.30. The minimum atomic E-state index is -0.489. The van der Waals surface area contributed by atoms with Gasteiger partial charge in [0.1, 0.15) is 6.04 Å². The lowest BCUT2D eigenvalue weighted by atomic mass is 10.1. The van der Waals surface area contributed by atoms with Crippen molar-refractivity contribution in [3.63, 3.8) is 0 Å². The van der Waals surface area contributed by atoms with Crippen LogP contribution in [0.15, 0.2) is 54.6 Å². The minimum absolute atomic E-state index is 0.378. The summed E-state index contributed by atoms with van der Waals surface area (Å²) in [5, 5.41) is 3.22. The molecule has 22 heavy (non-hydrogen) atoms. The van der Waals surface area contributed by atoms with E-state index in [9.17, 15) is 4.79 Å². The van der Waals surface area contributed by atoms with E-state index >= 15 is 0 Å². The summed E-state index contributed by atoms with van der Waals surface area (Å²) in [6.07, 6.45) is 0. The SMILES string of the molecule is CCOCc1cccc(CN[C@H](C(N)=O)c2ccccc2)c1. The van der Waals surface area contributed by atoms with E-state index < -0.39 is 6.04 Å². The number of hydrogen-bond acceptors (Lipinski definition) is 3. The maximum atomic E-state index is 11.7. The first-order chi connectivity index (χ1) is 10.7. The summed E-state index contributed by atoms with van der Waals surface area (Å²) < 4.78 is 5.41. The van der Waals surface area contributed by atoms with Gasteiger partial charge >= 0.3 is 0 Å². The van der Waals surface area contributed by atoms with Crippen molar-refractivity contribution in [3.8, 4) is 0 Å². The van der Waals surface area contributed by atoms with Crippen LogP contribution in [0.1, 0.15) is 29.7 Å². The number of primary amides is 1. The maximum Gasteiger partial charge on any atom is 0.239 e. The standard InChI is InChI=1S/C18H22N2O2/c1-2-22-13-15-8-6-7-14(11-15)12-20-17(18(19)21)16-9-4-3-5-10-16/h3-11,17,20H,2,12-13H2,1H3,(H2,19,21)/t17-/m0/s1. The number of benzene rings is 2. The van der Waals surface area contributed by atoms with Crippen LogP contribution in [0.2, 0.25) is 0 Å². The van der Waals surface area contributed by atoms with Crippen LogP contribution >= 0.6 is 0 Å². The summed E-state index contributed by atoms with van der Waals surface area (Å²) >= 11 is 0. The molecule has 0 saturated carbocycles. The van der Waals surface area contributed by atoms with Crippen molar-refractivity contribution in [3.05, 3.63) is 71.3 Å². The zero-order chi connectivity index (χ0) is 15.8. The monoisotopic (exact) mass is 298 g/mol. The van der Waals surface area contributed by atoms with Gasteiger partial charge in [-0.1, -0.05) is 54.6 Å². The minimum Gasteiger partial charge on any atom is -0.377 e. The van der Waals surface area contributed by atoms with Gasteiger partial charge in [0.05, 0.1) is 6.61 Å². The molecule has 116 valence electrons. The summed E-state index contributed by atoms with van der Waals surface area (Å²) in [5.74, 6) is -0.378. The normalized spacial score (nSPS) is 12.0. The predicted octanol–water partition coefficient (Wildman–Crippen LogP) is 2.54. The molecule has 3 N–H and O–H groups in total. The van der Waals surface area contributed by atoms with Crippen molar-refractivity contribution in [1.29, 1.82) is 0 Å². The van der Waals surface area contributed by atoms with E-state index in [1.54, 1.807) is 0 Å². The van der Waals surface area contributed by atoms with Gasteiger partial charge in [-0.25, -0.2) is 0 Å². The highest BCUT2D eigenvalue weighted by atomic mass is 16.5. The quantitative estimate of drug-likeness (QED) is 0.787. The van der Waals surface area contributed by atoms with Crippen molar-refractivity contribution in [2.24, 2.45) is 5.73 Å². The Morgan fingerprint density at radius 1 is 1.14 bits per heavy atom. The largest absolute Gasteiger partial charge is 0.377 e. The molecule has 2 aromatic carbocycles. The molecule has 0 aliphatic carbocycles. The first-order valence-electron chi connectivity index (χ1n) is 7.44. The van der Waals surface area contributed by atoms with E-state index in [4.69, 9.17) is 10.5 Å². The topological polar surface area (TPSA) is 64.3 Å². The van der Waals surface area contributed by atoms with E-state index in [0.717, 1.165) is 16.7 Å². The number of rotatable bonds is 8. The zero-order valence-corrected chi connectivity index (χ0v) is 12.8. The fourth-order valence-corrected chi connectivity index (χ4v) is 2.30. The summed E-state index contributed by atoms with van der Waals surface area (Å²) in [4.78, 5) is 11.7. The van der Waals surface area contributed by atoms with Gasteiger partial charge in [0.25, 0.3) is 0 Å². The number of nitrogens with two attached hydrogens (primary N) is 1. The number of nitrogens with one attached hydrogen (secondary N) is 1. The van der Waals surface area contributed by atoms with Crippen molar-refractivity contribution < 1.29 is 9.53 Å². The third kappa shape index (κ3) is 4.69. The third-order valence-electron chi connectivity index (χ3n) is 3.39. The first kappa shape index (κ1) is 16.2.